The second kappa shape index (κ2) is 9.61. The monoisotopic (exact) mass is 502 g/mol. The van der Waals surface area contributed by atoms with Gasteiger partial charge in [0.15, 0.2) is 5.82 Å². The van der Waals surface area contributed by atoms with E-state index in [1.54, 1.807) is 6.20 Å². The Morgan fingerprint density at radius 2 is 1.74 bits per heavy atom. The number of benzene rings is 1. The van der Waals surface area contributed by atoms with E-state index in [1.807, 2.05) is 48.8 Å². The number of aromatic nitrogens is 5. The van der Waals surface area contributed by atoms with Crippen LogP contribution in [0, 0.1) is 0 Å². The van der Waals surface area contributed by atoms with Crippen LogP contribution in [0.1, 0.15) is 37.2 Å². The zero-order chi connectivity index (χ0) is 25.5. The minimum Gasteiger partial charge on any atom is -0.356 e. The van der Waals surface area contributed by atoms with Crippen molar-refractivity contribution in [1.82, 2.24) is 30.2 Å². The highest BCUT2D eigenvalue weighted by Crippen LogP contribution is 2.45. The first kappa shape index (κ1) is 23.0. The SMILES string of the molecule is CN(c1nc(-c2ccnc(Nc3ccc4ccccc4n3)c2)nc2cncc(C3CC3)c12)C1CCNCC1. The van der Waals surface area contributed by atoms with Gasteiger partial charge in [0.05, 0.1) is 17.2 Å². The molecule has 2 N–H and O–H groups in total. The lowest BCUT2D eigenvalue weighted by molar-refractivity contribution is 0.442. The van der Waals surface area contributed by atoms with Gasteiger partial charge in [-0.3, -0.25) is 4.98 Å². The van der Waals surface area contributed by atoms with E-state index in [2.05, 4.69) is 44.7 Å². The first-order valence-electron chi connectivity index (χ1n) is 13.4. The van der Waals surface area contributed by atoms with Crippen LogP contribution in [0.2, 0.25) is 0 Å². The Kier molecular flexibility index (Phi) is 5.81. The van der Waals surface area contributed by atoms with Gasteiger partial charge in [-0.25, -0.2) is 19.9 Å². The number of rotatable bonds is 6. The summed E-state index contributed by atoms with van der Waals surface area (Å²) < 4.78 is 0. The zero-order valence-corrected chi connectivity index (χ0v) is 21.4. The van der Waals surface area contributed by atoms with Crippen LogP contribution in [-0.2, 0) is 0 Å². The van der Waals surface area contributed by atoms with Crippen LogP contribution in [0.5, 0.6) is 0 Å². The molecule has 5 aromatic rings. The Bertz CT molecular complexity index is 1620. The average Bonchev–Trinajstić information content (AvgIpc) is 3.82. The Hall–Kier alpha value is -4.17. The number of piperidine rings is 1. The van der Waals surface area contributed by atoms with Crippen LogP contribution in [0.25, 0.3) is 33.2 Å². The molecule has 2 aliphatic rings. The summed E-state index contributed by atoms with van der Waals surface area (Å²) in [5, 5.41) is 9.10. The van der Waals surface area contributed by atoms with Crippen molar-refractivity contribution in [2.75, 3.05) is 30.4 Å². The summed E-state index contributed by atoms with van der Waals surface area (Å²) in [4.78, 5) is 26.4. The van der Waals surface area contributed by atoms with Crippen molar-refractivity contribution in [2.24, 2.45) is 0 Å². The quantitative estimate of drug-likeness (QED) is 0.317. The van der Waals surface area contributed by atoms with E-state index in [-0.39, 0.29) is 0 Å². The molecule has 0 spiro atoms. The van der Waals surface area contributed by atoms with Crippen LogP contribution < -0.4 is 15.5 Å². The molecular weight excluding hydrogens is 472 g/mol. The number of para-hydroxylation sites is 1. The lowest BCUT2D eigenvalue weighted by Crippen LogP contribution is -2.41. The van der Waals surface area contributed by atoms with E-state index in [0.717, 1.165) is 64.9 Å². The minimum absolute atomic E-state index is 0.441. The fourth-order valence-electron chi connectivity index (χ4n) is 5.45. The maximum absolute atomic E-state index is 5.20. The molecule has 0 atom stereocenters. The second-order valence-electron chi connectivity index (χ2n) is 10.3. The molecule has 1 aliphatic carbocycles. The smallest absolute Gasteiger partial charge is 0.162 e. The second-order valence-corrected chi connectivity index (χ2v) is 10.3. The van der Waals surface area contributed by atoms with Gasteiger partial charge in [0.2, 0.25) is 0 Å². The number of nitrogens with one attached hydrogen (secondary N) is 2. The van der Waals surface area contributed by atoms with E-state index in [0.29, 0.717) is 23.6 Å². The molecule has 4 aromatic heterocycles. The Morgan fingerprint density at radius 1 is 0.868 bits per heavy atom. The van der Waals surface area contributed by atoms with Crippen molar-refractivity contribution in [1.29, 1.82) is 0 Å². The Labute approximate surface area is 221 Å². The van der Waals surface area contributed by atoms with Crippen molar-refractivity contribution < 1.29 is 0 Å². The van der Waals surface area contributed by atoms with Gasteiger partial charge in [-0.15, -0.1) is 0 Å². The van der Waals surface area contributed by atoms with Gasteiger partial charge in [-0.1, -0.05) is 18.2 Å². The van der Waals surface area contributed by atoms with Gasteiger partial charge in [0.25, 0.3) is 0 Å². The molecule has 2 fully saturated rings. The highest BCUT2D eigenvalue weighted by molar-refractivity contribution is 5.94. The van der Waals surface area contributed by atoms with Crippen LogP contribution in [0.15, 0.2) is 67.1 Å². The predicted octanol–water partition coefficient (Wildman–Crippen LogP) is 5.44. The lowest BCUT2D eigenvalue weighted by Gasteiger charge is -2.33. The first-order chi connectivity index (χ1) is 18.7. The van der Waals surface area contributed by atoms with Gasteiger partial charge in [0, 0.05) is 41.8 Å². The molecule has 1 aromatic carbocycles. The van der Waals surface area contributed by atoms with Crippen molar-refractivity contribution >= 4 is 39.3 Å². The lowest BCUT2D eigenvalue weighted by atomic mass is 10.0. The molecule has 0 unspecified atom stereocenters. The summed E-state index contributed by atoms with van der Waals surface area (Å²) in [6.07, 6.45) is 10.3. The summed E-state index contributed by atoms with van der Waals surface area (Å²) >= 11 is 0. The first-order valence-corrected chi connectivity index (χ1v) is 13.4. The fourth-order valence-corrected chi connectivity index (χ4v) is 5.45. The molecular formula is C30H30N8. The van der Waals surface area contributed by atoms with Gasteiger partial charge in [-0.2, -0.15) is 0 Å². The molecule has 1 saturated heterocycles. The van der Waals surface area contributed by atoms with Gasteiger partial charge >= 0.3 is 0 Å². The van der Waals surface area contributed by atoms with E-state index < -0.39 is 0 Å². The maximum atomic E-state index is 5.20. The summed E-state index contributed by atoms with van der Waals surface area (Å²) in [7, 11) is 2.18. The largest absolute Gasteiger partial charge is 0.356 e. The number of hydrogen-bond donors (Lipinski definition) is 2. The number of pyridine rings is 3. The Morgan fingerprint density at radius 3 is 2.61 bits per heavy atom. The predicted molar refractivity (Wildman–Crippen MR) is 152 cm³/mol. The van der Waals surface area contributed by atoms with Crippen molar-refractivity contribution in [2.45, 2.75) is 37.6 Å². The highest BCUT2D eigenvalue weighted by atomic mass is 15.2. The summed E-state index contributed by atoms with van der Waals surface area (Å²) in [5.41, 5.74) is 4.03. The summed E-state index contributed by atoms with van der Waals surface area (Å²) in [6, 6.07) is 16.5. The number of hydrogen-bond acceptors (Lipinski definition) is 8. The van der Waals surface area contributed by atoms with Crippen LogP contribution in [-0.4, -0.2) is 51.1 Å². The molecule has 1 aliphatic heterocycles. The third-order valence-corrected chi connectivity index (χ3v) is 7.70. The average molecular weight is 503 g/mol. The van der Waals surface area contributed by atoms with Crippen LogP contribution >= 0.6 is 0 Å². The Balaban J connectivity index is 1.28. The molecule has 7 rings (SSSR count). The van der Waals surface area contributed by atoms with E-state index in [4.69, 9.17) is 15.0 Å². The summed E-state index contributed by atoms with van der Waals surface area (Å²) in [5.74, 6) is 3.69. The van der Waals surface area contributed by atoms with Crippen molar-refractivity contribution in [3.63, 3.8) is 0 Å². The fraction of sp³-hybridized carbons (Fsp3) is 0.300. The molecule has 0 amide bonds. The molecule has 190 valence electrons. The number of anilines is 3. The topological polar surface area (TPSA) is 91.8 Å². The molecule has 8 heteroatoms. The van der Waals surface area contributed by atoms with Gasteiger partial charge in [0.1, 0.15) is 17.5 Å². The minimum atomic E-state index is 0.441. The third-order valence-electron chi connectivity index (χ3n) is 7.70. The highest BCUT2D eigenvalue weighted by Gasteiger charge is 2.30. The van der Waals surface area contributed by atoms with E-state index in [9.17, 15) is 0 Å². The van der Waals surface area contributed by atoms with Gasteiger partial charge < -0.3 is 15.5 Å². The van der Waals surface area contributed by atoms with Crippen LogP contribution in [0.3, 0.4) is 0 Å². The normalized spacial score (nSPS) is 16.1. The maximum Gasteiger partial charge on any atom is 0.162 e. The molecule has 5 heterocycles. The van der Waals surface area contributed by atoms with Gasteiger partial charge in [-0.05, 0) is 80.6 Å². The number of fused-ring (bicyclic) bond motifs is 2. The number of nitrogens with zero attached hydrogens (tertiary/aromatic N) is 6. The molecule has 8 nitrogen and oxygen atoms in total. The molecule has 0 bridgehead atoms. The summed E-state index contributed by atoms with van der Waals surface area (Å²) in [6.45, 7) is 2.06. The van der Waals surface area contributed by atoms with Crippen molar-refractivity contribution in [3.05, 3.63) is 72.7 Å². The molecule has 38 heavy (non-hydrogen) atoms. The molecule has 1 saturated carbocycles. The zero-order valence-electron chi connectivity index (χ0n) is 21.4. The standard InChI is InChI=1S/C30H30N8/c1-38(22-11-13-31-14-12-22)30-28-23(19-6-7-19)17-32-18-25(28)35-29(37-30)21-10-15-33-27(16-21)36-26-9-8-20-4-2-3-5-24(20)34-26/h2-5,8-10,15-19,22,31H,6-7,11-14H2,1H3,(H,33,34,36). The van der Waals surface area contributed by atoms with Crippen molar-refractivity contribution in [3.8, 4) is 11.4 Å². The molecule has 0 radical (unpaired) electrons. The van der Waals surface area contributed by atoms with E-state index >= 15 is 0 Å². The van der Waals surface area contributed by atoms with Crippen LogP contribution in [0.4, 0.5) is 17.5 Å². The van der Waals surface area contributed by atoms with E-state index in [1.165, 1.54) is 18.4 Å². The third kappa shape index (κ3) is 4.41.